The summed E-state index contributed by atoms with van der Waals surface area (Å²) in [4.78, 5) is 17.7. The Morgan fingerprint density at radius 2 is 1.79 bits per heavy atom. The number of hydrogen-bond acceptors (Lipinski definition) is 4. The van der Waals surface area contributed by atoms with Crippen LogP contribution in [0.25, 0.3) is 11.3 Å². The summed E-state index contributed by atoms with van der Waals surface area (Å²) in [6, 6.07) is 5.29. The fourth-order valence-electron chi connectivity index (χ4n) is 1.79. The smallest absolute Gasteiger partial charge is 0.371 e. The van der Waals surface area contributed by atoms with Crippen LogP contribution in [0.3, 0.4) is 0 Å². The van der Waals surface area contributed by atoms with E-state index in [0.717, 1.165) is 5.56 Å². The van der Waals surface area contributed by atoms with E-state index in [1.165, 1.54) is 0 Å². The molecule has 0 saturated carbocycles. The van der Waals surface area contributed by atoms with Gasteiger partial charge < -0.3 is 19.6 Å². The number of nitrogens with one attached hydrogen (secondary N) is 1. The van der Waals surface area contributed by atoms with Crippen LogP contribution in [0.5, 0.6) is 11.5 Å². The van der Waals surface area contributed by atoms with Crippen molar-refractivity contribution in [2.75, 3.05) is 14.2 Å². The number of carboxylic acids is 1. The van der Waals surface area contributed by atoms with Crippen molar-refractivity contribution >= 4 is 5.97 Å². The summed E-state index contributed by atoms with van der Waals surface area (Å²) < 4.78 is 10.4. The zero-order valence-electron chi connectivity index (χ0n) is 10.9. The maximum Gasteiger partial charge on any atom is 0.371 e. The van der Waals surface area contributed by atoms with E-state index in [1.54, 1.807) is 39.3 Å². The summed E-state index contributed by atoms with van der Waals surface area (Å²) in [5.41, 5.74) is 1.97. The van der Waals surface area contributed by atoms with Crippen LogP contribution in [0.4, 0.5) is 0 Å². The number of aromatic carboxylic acids is 1. The molecule has 1 heterocycles. The van der Waals surface area contributed by atoms with E-state index in [4.69, 9.17) is 14.6 Å². The standard InChI is InChI=1S/C13H14N2O4/c1-7-11(15-12(14-7)13(16)17)8-4-9(18-2)6-10(5-8)19-3/h4-6H,1-3H3,(H,14,15)(H,16,17). The van der Waals surface area contributed by atoms with Gasteiger partial charge >= 0.3 is 5.97 Å². The molecule has 1 aromatic heterocycles. The van der Waals surface area contributed by atoms with Gasteiger partial charge in [-0.05, 0) is 19.1 Å². The van der Waals surface area contributed by atoms with Gasteiger partial charge in [0.15, 0.2) is 0 Å². The van der Waals surface area contributed by atoms with Gasteiger partial charge in [0, 0.05) is 17.3 Å². The minimum Gasteiger partial charge on any atom is -0.497 e. The van der Waals surface area contributed by atoms with Gasteiger partial charge in [0.1, 0.15) is 11.5 Å². The number of rotatable bonds is 4. The van der Waals surface area contributed by atoms with Crippen LogP contribution < -0.4 is 9.47 Å². The molecule has 0 saturated heterocycles. The summed E-state index contributed by atoms with van der Waals surface area (Å²) >= 11 is 0. The number of H-pyrrole nitrogens is 1. The molecule has 0 amide bonds. The van der Waals surface area contributed by atoms with Crippen molar-refractivity contribution in [3.63, 3.8) is 0 Å². The molecule has 19 heavy (non-hydrogen) atoms. The molecule has 100 valence electrons. The minimum atomic E-state index is -1.09. The Hall–Kier alpha value is -2.50. The quantitative estimate of drug-likeness (QED) is 0.881. The predicted octanol–water partition coefficient (Wildman–Crippen LogP) is 2.10. The number of carboxylic acid groups (broad SMARTS) is 1. The number of ether oxygens (including phenoxy) is 2. The first kappa shape index (κ1) is 12.9. The Morgan fingerprint density at radius 3 is 2.21 bits per heavy atom. The Bertz CT molecular complexity index is 597. The van der Waals surface area contributed by atoms with Crippen LogP contribution in [0.1, 0.15) is 16.3 Å². The average molecular weight is 262 g/mol. The molecule has 2 N–H and O–H groups in total. The Labute approximate surface area is 110 Å². The number of imidazole rings is 1. The molecule has 6 nitrogen and oxygen atoms in total. The first-order valence-corrected chi connectivity index (χ1v) is 5.58. The lowest BCUT2D eigenvalue weighted by Gasteiger charge is -2.07. The van der Waals surface area contributed by atoms with Crippen molar-refractivity contribution in [2.24, 2.45) is 0 Å². The highest BCUT2D eigenvalue weighted by atomic mass is 16.5. The van der Waals surface area contributed by atoms with Crippen LogP contribution in [0.2, 0.25) is 0 Å². The molecule has 2 rings (SSSR count). The highest BCUT2D eigenvalue weighted by Crippen LogP contribution is 2.30. The van der Waals surface area contributed by atoms with Crippen molar-refractivity contribution in [3.8, 4) is 22.8 Å². The molecule has 0 fully saturated rings. The van der Waals surface area contributed by atoms with Gasteiger partial charge in [-0.3, -0.25) is 0 Å². The second-order valence-corrected chi connectivity index (χ2v) is 3.97. The lowest BCUT2D eigenvalue weighted by Crippen LogP contribution is -1.98. The Kier molecular flexibility index (Phi) is 3.41. The fraction of sp³-hybridized carbons (Fsp3) is 0.231. The fourth-order valence-corrected chi connectivity index (χ4v) is 1.79. The third-order valence-electron chi connectivity index (χ3n) is 2.71. The highest BCUT2D eigenvalue weighted by molar-refractivity contribution is 5.85. The number of aromatic nitrogens is 2. The summed E-state index contributed by atoms with van der Waals surface area (Å²) in [5, 5.41) is 8.93. The molecule has 0 spiro atoms. The maximum atomic E-state index is 10.9. The SMILES string of the molecule is COc1cc(OC)cc(-c2nc(C(=O)O)[nH]c2C)c1. The lowest BCUT2D eigenvalue weighted by atomic mass is 10.1. The summed E-state index contributed by atoms with van der Waals surface area (Å²) in [5.74, 6) is 0.0562. The molecular formula is C13H14N2O4. The van der Waals surface area contributed by atoms with Crippen LogP contribution in [0.15, 0.2) is 18.2 Å². The molecule has 0 unspecified atom stereocenters. The van der Waals surface area contributed by atoms with E-state index in [-0.39, 0.29) is 5.82 Å². The zero-order chi connectivity index (χ0) is 14.0. The molecule has 0 atom stereocenters. The normalized spacial score (nSPS) is 10.3. The van der Waals surface area contributed by atoms with Crippen molar-refractivity contribution < 1.29 is 19.4 Å². The van der Waals surface area contributed by atoms with Gasteiger partial charge in [-0.1, -0.05) is 0 Å². The van der Waals surface area contributed by atoms with Gasteiger partial charge in [0.25, 0.3) is 0 Å². The molecule has 1 aromatic carbocycles. The largest absolute Gasteiger partial charge is 0.497 e. The highest BCUT2D eigenvalue weighted by Gasteiger charge is 2.15. The van der Waals surface area contributed by atoms with Gasteiger partial charge in [-0.15, -0.1) is 0 Å². The number of aromatic amines is 1. The van der Waals surface area contributed by atoms with E-state index in [0.29, 0.717) is 22.9 Å². The monoisotopic (exact) mass is 262 g/mol. The predicted molar refractivity (Wildman–Crippen MR) is 68.8 cm³/mol. The third-order valence-corrected chi connectivity index (χ3v) is 2.71. The van der Waals surface area contributed by atoms with Crippen LogP contribution in [-0.2, 0) is 0 Å². The number of aryl methyl sites for hydroxylation is 1. The number of methoxy groups -OCH3 is 2. The minimum absolute atomic E-state index is 0.0886. The second kappa shape index (κ2) is 5.01. The van der Waals surface area contributed by atoms with E-state index >= 15 is 0 Å². The third kappa shape index (κ3) is 2.52. The van der Waals surface area contributed by atoms with Gasteiger partial charge in [0.2, 0.25) is 5.82 Å². The topological polar surface area (TPSA) is 84.4 Å². The number of hydrogen-bond donors (Lipinski definition) is 2. The maximum absolute atomic E-state index is 10.9. The van der Waals surface area contributed by atoms with E-state index in [9.17, 15) is 4.79 Å². The summed E-state index contributed by atoms with van der Waals surface area (Å²) in [6.07, 6.45) is 0. The van der Waals surface area contributed by atoms with E-state index in [2.05, 4.69) is 9.97 Å². The van der Waals surface area contributed by atoms with Gasteiger partial charge in [0.05, 0.1) is 19.9 Å². The Balaban J connectivity index is 2.54. The molecule has 0 bridgehead atoms. The molecule has 2 aromatic rings. The molecule has 0 aliphatic carbocycles. The first-order valence-electron chi connectivity index (χ1n) is 5.58. The van der Waals surface area contributed by atoms with E-state index < -0.39 is 5.97 Å². The molecule has 0 aliphatic heterocycles. The van der Waals surface area contributed by atoms with Crippen LogP contribution >= 0.6 is 0 Å². The lowest BCUT2D eigenvalue weighted by molar-refractivity contribution is 0.0684. The summed E-state index contributed by atoms with van der Waals surface area (Å²) in [7, 11) is 3.11. The average Bonchev–Trinajstić information content (AvgIpc) is 2.80. The van der Waals surface area contributed by atoms with Gasteiger partial charge in [-0.25, -0.2) is 9.78 Å². The van der Waals surface area contributed by atoms with Crippen LogP contribution in [-0.4, -0.2) is 35.3 Å². The molecule has 0 radical (unpaired) electrons. The number of nitrogens with zero attached hydrogens (tertiary/aromatic N) is 1. The molecule has 0 aliphatic rings. The molecular weight excluding hydrogens is 248 g/mol. The van der Waals surface area contributed by atoms with Crippen molar-refractivity contribution in [1.82, 2.24) is 9.97 Å². The van der Waals surface area contributed by atoms with Crippen molar-refractivity contribution in [2.45, 2.75) is 6.92 Å². The second-order valence-electron chi connectivity index (χ2n) is 3.97. The first-order chi connectivity index (χ1) is 9.05. The Morgan fingerprint density at radius 1 is 1.21 bits per heavy atom. The molecule has 6 heteroatoms. The van der Waals surface area contributed by atoms with Crippen molar-refractivity contribution in [3.05, 3.63) is 29.7 Å². The van der Waals surface area contributed by atoms with E-state index in [1.807, 2.05) is 0 Å². The van der Waals surface area contributed by atoms with Crippen molar-refractivity contribution in [1.29, 1.82) is 0 Å². The number of benzene rings is 1. The zero-order valence-corrected chi connectivity index (χ0v) is 10.9. The van der Waals surface area contributed by atoms with Gasteiger partial charge in [-0.2, -0.15) is 0 Å². The summed E-state index contributed by atoms with van der Waals surface area (Å²) in [6.45, 7) is 1.76. The van der Waals surface area contributed by atoms with Crippen LogP contribution in [0, 0.1) is 6.92 Å². The number of carbonyl (C=O) groups is 1.